The molecule has 0 aliphatic rings. The second-order valence-corrected chi connectivity index (χ2v) is 10.8. The summed E-state index contributed by atoms with van der Waals surface area (Å²) in [7, 11) is 0. The maximum atomic E-state index is 2.44. The molecule has 0 aliphatic carbocycles. The van der Waals surface area contributed by atoms with Gasteiger partial charge in [-0.3, -0.25) is 0 Å². The van der Waals surface area contributed by atoms with Crippen molar-refractivity contribution in [3.63, 3.8) is 0 Å². The van der Waals surface area contributed by atoms with E-state index in [1.165, 1.54) is 69.9 Å². The second kappa shape index (κ2) is 8.44. The molecule has 0 N–H and O–H groups in total. The molecule has 8 rings (SSSR count). The van der Waals surface area contributed by atoms with E-state index >= 15 is 0 Å². The van der Waals surface area contributed by atoms with Crippen LogP contribution in [0.15, 0.2) is 140 Å². The van der Waals surface area contributed by atoms with E-state index in [2.05, 4.69) is 144 Å². The Morgan fingerprint density at radius 3 is 1.74 bits per heavy atom. The second-order valence-electron chi connectivity index (χ2n) is 9.78. The van der Waals surface area contributed by atoms with Crippen LogP contribution in [-0.2, 0) is 0 Å². The molecule has 2 heterocycles. The number of hydrogen-bond donors (Lipinski definition) is 0. The molecule has 0 aliphatic heterocycles. The van der Waals surface area contributed by atoms with Crippen molar-refractivity contribution in [2.75, 3.05) is 0 Å². The van der Waals surface area contributed by atoms with Gasteiger partial charge < -0.3 is 4.57 Å². The maximum Gasteiger partial charge on any atom is 0.0640 e. The molecule has 0 saturated heterocycles. The van der Waals surface area contributed by atoms with Gasteiger partial charge in [0.2, 0.25) is 0 Å². The van der Waals surface area contributed by atoms with Crippen LogP contribution in [0.4, 0.5) is 0 Å². The lowest BCUT2D eigenvalue weighted by Gasteiger charge is -2.09. The van der Waals surface area contributed by atoms with Gasteiger partial charge in [-0.2, -0.15) is 0 Å². The molecular weight excluding hydrogens is 478 g/mol. The summed E-state index contributed by atoms with van der Waals surface area (Å²) >= 11 is 1.89. The van der Waals surface area contributed by atoms with Crippen LogP contribution in [0, 0.1) is 0 Å². The number of fused-ring (bicyclic) bond motifs is 6. The van der Waals surface area contributed by atoms with Crippen LogP contribution in [0.5, 0.6) is 0 Å². The zero-order chi connectivity index (χ0) is 25.1. The molecule has 0 spiro atoms. The molecule has 2 aromatic heterocycles. The molecule has 0 amide bonds. The molecule has 6 aromatic carbocycles. The third-order valence-electron chi connectivity index (χ3n) is 7.60. The minimum atomic E-state index is 1.24. The van der Waals surface area contributed by atoms with Gasteiger partial charge in [-0.1, -0.05) is 103 Å². The minimum Gasteiger partial charge on any atom is -0.308 e. The Hall–Kier alpha value is -4.66. The van der Waals surface area contributed by atoms with Crippen LogP contribution in [0.25, 0.3) is 69.9 Å². The first-order valence-electron chi connectivity index (χ1n) is 12.9. The molecule has 0 saturated carbocycles. The Kier molecular flexibility index (Phi) is 4.76. The highest BCUT2D eigenvalue weighted by Crippen LogP contribution is 2.42. The Bertz CT molecular complexity index is 2080. The molecule has 1 nitrogen and oxygen atoms in total. The fourth-order valence-corrected chi connectivity index (χ4v) is 7.02. The third kappa shape index (κ3) is 3.24. The van der Waals surface area contributed by atoms with Crippen molar-refractivity contribution < 1.29 is 0 Å². The number of nitrogens with zero attached hydrogens (tertiary/aromatic N) is 1. The molecule has 0 radical (unpaired) electrons. The average molecular weight is 502 g/mol. The molecule has 2 heteroatoms. The van der Waals surface area contributed by atoms with Crippen molar-refractivity contribution in [3.05, 3.63) is 140 Å². The van der Waals surface area contributed by atoms with Crippen LogP contribution in [0.1, 0.15) is 0 Å². The normalized spacial score (nSPS) is 11.7. The Labute approximate surface area is 224 Å². The van der Waals surface area contributed by atoms with E-state index in [0.29, 0.717) is 0 Å². The zero-order valence-corrected chi connectivity index (χ0v) is 21.5. The van der Waals surface area contributed by atoms with Gasteiger partial charge in [-0.25, -0.2) is 0 Å². The molecule has 0 unspecified atom stereocenters. The predicted molar refractivity (Wildman–Crippen MR) is 165 cm³/mol. The Morgan fingerprint density at radius 2 is 0.974 bits per heavy atom. The summed E-state index contributed by atoms with van der Waals surface area (Å²) in [6, 6.07) is 50.6. The van der Waals surface area contributed by atoms with Crippen molar-refractivity contribution >= 4 is 53.3 Å². The number of benzene rings is 6. The number of rotatable bonds is 3. The summed E-state index contributed by atoms with van der Waals surface area (Å²) < 4.78 is 5.08. The molecule has 8 aromatic rings. The highest BCUT2D eigenvalue weighted by atomic mass is 32.1. The molecule has 0 bridgehead atoms. The van der Waals surface area contributed by atoms with E-state index < -0.39 is 0 Å². The smallest absolute Gasteiger partial charge is 0.0640 e. The van der Waals surface area contributed by atoms with Crippen LogP contribution >= 0.6 is 11.3 Å². The monoisotopic (exact) mass is 501 g/mol. The fraction of sp³-hybridized carbons (Fsp3) is 0. The minimum absolute atomic E-state index is 1.24. The fourth-order valence-electron chi connectivity index (χ4n) is 5.83. The van der Waals surface area contributed by atoms with E-state index in [-0.39, 0.29) is 0 Å². The van der Waals surface area contributed by atoms with Crippen molar-refractivity contribution in [2.24, 2.45) is 0 Å². The molecule has 0 fully saturated rings. The standard InChI is InChI=1S/C36H23NS/c1-2-10-24(11-3-1)25-12-8-13-26(22-25)27-20-21-35-31(23-27)30-16-9-19-34(36(30)38-35)37-32-17-6-4-14-28(32)29-15-5-7-18-33(29)37/h1-23H. The summed E-state index contributed by atoms with van der Waals surface area (Å²) in [5.74, 6) is 0. The maximum absolute atomic E-state index is 2.44. The van der Waals surface area contributed by atoms with E-state index in [1.807, 2.05) is 11.3 Å². The highest BCUT2D eigenvalue weighted by Gasteiger charge is 2.16. The van der Waals surface area contributed by atoms with Gasteiger partial charge in [0.1, 0.15) is 0 Å². The summed E-state index contributed by atoms with van der Waals surface area (Å²) in [4.78, 5) is 0. The van der Waals surface area contributed by atoms with Crippen LogP contribution in [0.3, 0.4) is 0 Å². The van der Waals surface area contributed by atoms with Crippen molar-refractivity contribution in [2.45, 2.75) is 0 Å². The van der Waals surface area contributed by atoms with Gasteiger partial charge in [0, 0.05) is 26.2 Å². The lowest BCUT2D eigenvalue weighted by molar-refractivity contribution is 1.20. The van der Waals surface area contributed by atoms with E-state index in [9.17, 15) is 0 Å². The van der Waals surface area contributed by atoms with E-state index in [4.69, 9.17) is 0 Å². The summed E-state index contributed by atoms with van der Waals surface area (Å²) in [5.41, 5.74) is 8.71. The van der Waals surface area contributed by atoms with Crippen molar-refractivity contribution in [1.82, 2.24) is 4.57 Å². The quantitative estimate of drug-likeness (QED) is 0.227. The topological polar surface area (TPSA) is 4.93 Å². The van der Waals surface area contributed by atoms with Crippen molar-refractivity contribution in [1.29, 1.82) is 0 Å². The first kappa shape index (κ1) is 21.4. The van der Waals surface area contributed by atoms with Crippen LogP contribution in [-0.4, -0.2) is 4.57 Å². The Morgan fingerprint density at radius 1 is 0.395 bits per heavy atom. The van der Waals surface area contributed by atoms with Gasteiger partial charge in [0.25, 0.3) is 0 Å². The first-order valence-corrected chi connectivity index (χ1v) is 13.8. The number of para-hydroxylation sites is 2. The van der Waals surface area contributed by atoms with Gasteiger partial charge in [-0.15, -0.1) is 11.3 Å². The number of aromatic nitrogens is 1. The molecule has 38 heavy (non-hydrogen) atoms. The largest absolute Gasteiger partial charge is 0.308 e. The van der Waals surface area contributed by atoms with Gasteiger partial charge in [0.15, 0.2) is 0 Å². The summed E-state index contributed by atoms with van der Waals surface area (Å²) in [5, 5.41) is 5.21. The van der Waals surface area contributed by atoms with Gasteiger partial charge >= 0.3 is 0 Å². The third-order valence-corrected chi connectivity index (χ3v) is 8.81. The Balaban J connectivity index is 1.34. The van der Waals surface area contributed by atoms with Crippen LogP contribution in [0.2, 0.25) is 0 Å². The SMILES string of the molecule is c1ccc(-c2cccc(-c3ccc4sc5c(-n6c7ccccc7c7ccccc76)cccc5c4c3)c2)cc1. The van der Waals surface area contributed by atoms with E-state index in [0.717, 1.165) is 0 Å². The lowest BCUT2D eigenvalue weighted by Crippen LogP contribution is -1.93. The van der Waals surface area contributed by atoms with Crippen LogP contribution < -0.4 is 0 Å². The lowest BCUT2D eigenvalue weighted by atomic mass is 9.98. The highest BCUT2D eigenvalue weighted by molar-refractivity contribution is 7.26. The summed E-state index contributed by atoms with van der Waals surface area (Å²) in [6.45, 7) is 0. The van der Waals surface area contributed by atoms with E-state index in [1.54, 1.807) is 0 Å². The van der Waals surface area contributed by atoms with Crippen molar-refractivity contribution in [3.8, 4) is 27.9 Å². The molecule has 178 valence electrons. The number of hydrogen-bond acceptors (Lipinski definition) is 1. The number of thiophene rings is 1. The first-order chi connectivity index (χ1) is 18.8. The molecule has 0 atom stereocenters. The zero-order valence-electron chi connectivity index (χ0n) is 20.6. The van der Waals surface area contributed by atoms with Gasteiger partial charge in [-0.05, 0) is 58.7 Å². The van der Waals surface area contributed by atoms with Gasteiger partial charge in [0.05, 0.1) is 21.4 Å². The average Bonchev–Trinajstić information content (AvgIpc) is 3.53. The summed E-state index contributed by atoms with van der Waals surface area (Å²) in [6.07, 6.45) is 0. The molecular formula is C36H23NS. The predicted octanol–water partition coefficient (Wildman–Crippen LogP) is 10.5.